The van der Waals surface area contributed by atoms with Gasteiger partial charge in [0.2, 0.25) is 0 Å². The van der Waals surface area contributed by atoms with Gasteiger partial charge in [-0.3, -0.25) is 4.90 Å². The van der Waals surface area contributed by atoms with E-state index in [0.717, 1.165) is 38.0 Å². The number of rotatable bonds is 5. The first kappa shape index (κ1) is 19.8. The zero-order chi connectivity index (χ0) is 19.9. The highest BCUT2D eigenvalue weighted by atomic mass is 19.1. The van der Waals surface area contributed by atoms with Gasteiger partial charge in [0.15, 0.2) is 0 Å². The molecule has 2 amide bonds. The number of nitrogens with zero attached hydrogens (tertiary/aromatic N) is 2. The number of benzene rings is 2. The van der Waals surface area contributed by atoms with Gasteiger partial charge in [0, 0.05) is 24.7 Å². The lowest BCUT2D eigenvalue weighted by molar-refractivity contribution is 0.196. The number of nitrogens with one attached hydrogen (secondary N) is 1. The van der Waals surface area contributed by atoms with Crippen LogP contribution in [0.4, 0.5) is 14.9 Å². The maximum atomic E-state index is 13.1. The Bertz CT molecular complexity index is 821. The van der Waals surface area contributed by atoms with E-state index >= 15 is 0 Å². The Morgan fingerprint density at radius 2 is 1.96 bits per heavy atom. The number of hydrogen-bond acceptors (Lipinski definition) is 3. The number of anilines is 1. The van der Waals surface area contributed by atoms with Crippen molar-refractivity contribution in [3.8, 4) is 5.75 Å². The van der Waals surface area contributed by atoms with Gasteiger partial charge >= 0.3 is 6.03 Å². The van der Waals surface area contributed by atoms with Crippen molar-refractivity contribution >= 4 is 17.6 Å². The Morgan fingerprint density at radius 3 is 2.64 bits per heavy atom. The maximum Gasteiger partial charge on any atom is 0.347 e. The van der Waals surface area contributed by atoms with Crippen LogP contribution in [0, 0.1) is 11.7 Å². The van der Waals surface area contributed by atoms with Crippen LogP contribution in [0.5, 0.6) is 5.75 Å². The lowest BCUT2D eigenvalue weighted by Crippen LogP contribution is -2.41. The minimum Gasteiger partial charge on any atom is -0.497 e. The summed E-state index contributed by atoms with van der Waals surface area (Å²) in [5, 5.41) is 2.71. The van der Waals surface area contributed by atoms with Gasteiger partial charge in [-0.2, -0.15) is 4.99 Å². The number of urea groups is 1. The van der Waals surface area contributed by atoms with Crippen molar-refractivity contribution < 1.29 is 13.9 Å². The number of likely N-dealkylation sites (tertiary alicyclic amines) is 1. The fourth-order valence-electron chi connectivity index (χ4n) is 3.32. The Morgan fingerprint density at radius 1 is 1.25 bits per heavy atom. The van der Waals surface area contributed by atoms with E-state index < -0.39 is 6.03 Å². The highest BCUT2D eigenvalue weighted by Gasteiger charge is 2.23. The van der Waals surface area contributed by atoms with E-state index in [-0.39, 0.29) is 11.7 Å². The number of nitrogens with two attached hydrogens (primary N) is 1. The van der Waals surface area contributed by atoms with Crippen molar-refractivity contribution in [2.24, 2.45) is 16.6 Å². The minimum atomic E-state index is -0.488. The van der Waals surface area contributed by atoms with Crippen LogP contribution in [-0.2, 0) is 6.54 Å². The number of amidine groups is 1. The van der Waals surface area contributed by atoms with Crippen molar-refractivity contribution in [1.29, 1.82) is 0 Å². The smallest absolute Gasteiger partial charge is 0.347 e. The van der Waals surface area contributed by atoms with E-state index in [1.54, 1.807) is 43.5 Å². The second kappa shape index (κ2) is 9.32. The van der Waals surface area contributed by atoms with Gasteiger partial charge in [0.05, 0.1) is 7.11 Å². The fraction of sp³-hybridized carbons (Fsp3) is 0.333. The molecule has 0 aliphatic carbocycles. The third-order valence-corrected chi connectivity index (χ3v) is 4.82. The molecule has 1 fully saturated rings. The van der Waals surface area contributed by atoms with Gasteiger partial charge in [0.1, 0.15) is 17.4 Å². The molecular weight excluding hydrogens is 359 g/mol. The normalized spacial score (nSPS) is 17.9. The minimum absolute atomic E-state index is 0.0239. The molecule has 0 radical (unpaired) electrons. The average Bonchev–Trinajstić information content (AvgIpc) is 2.70. The quantitative estimate of drug-likeness (QED) is 0.609. The monoisotopic (exact) mass is 384 g/mol. The van der Waals surface area contributed by atoms with Crippen LogP contribution < -0.4 is 15.8 Å². The van der Waals surface area contributed by atoms with Gasteiger partial charge < -0.3 is 15.8 Å². The summed E-state index contributed by atoms with van der Waals surface area (Å²) < 4.78 is 18.2. The summed E-state index contributed by atoms with van der Waals surface area (Å²) in [6.07, 6.45) is 1.87. The third-order valence-electron chi connectivity index (χ3n) is 4.82. The topological polar surface area (TPSA) is 79.9 Å². The first-order valence-electron chi connectivity index (χ1n) is 9.29. The number of piperidine rings is 1. The zero-order valence-electron chi connectivity index (χ0n) is 15.9. The van der Waals surface area contributed by atoms with Crippen LogP contribution in [0.2, 0.25) is 0 Å². The molecule has 1 atom stereocenters. The molecule has 1 heterocycles. The molecule has 3 N–H and O–H groups in total. The Balaban J connectivity index is 1.56. The summed E-state index contributed by atoms with van der Waals surface area (Å²) in [5.41, 5.74) is 7.80. The van der Waals surface area contributed by atoms with Gasteiger partial charge in [-0.05, 0) is 61.3 Å². The van der Waals surface area contributed by atoms with E-state index in [9.17, 15) is 9.18 Å². The first-order chi connectivity index (χ1) is 13.5. The SMILES string of the molecule is COc1ccc(NC(=O)/N=C(\N)C2CCCN(Cc3ccc(F)cc3)C2)cc1. The van der Waals surface area contributed by atoms with Crippen LogP contribution in [-0.4, -0.2) is 37.0 Å². The number of carbonyl (C=O) groups excluding carboxylic acids is 1. The molecule has 2 aromatic carbocycles. The molecule has 0 bridgehead atoms. The Labute approximate surface area is 164 Å². The lowest BCUT2D eigenvalue weighted by atomic mass is 9.96. The van der Waals surface area contributed by atoms with E-state index in [1.807, 2.05) is 0 Å². The Kier molecular flexibility index (Phi) is 6.60. The summed E-state index contributed by atoms with van der Waals surface area (Å²) in [4.78, 5) is 18.4. The summed E-state index contributed by atoms with van der Waals surface area (Å²) >= 11 is 0. The molecule has 6 nitrogen and oxygen atoms in total. The zero-order valence-corrected chi connectivity index (χ0v) is 15.9. The van der Waals surface area contributed by atoms with E-state index in [1.165, 1.54) is 12.1 Å². The largest absolute Gasteiger partial charge is 0.497 e. The van der Waals surface area contributed by atoms with E-state index in [2.05, 4.69) is 15.2 Å². The molecule has 3 rings (SSSR count). The molecule has 2 aromatic rings. The van der Waals surface area contributed by atoms with Gasteiger partial charge in [-0.1, -0.05) is 12.1 Å². The van der Waals surface area contributed by atoms with Crippen molar-refractivity contribution in [1.82, 2.24) is 4.90 Å². The molecule has 28 heavy (non-hydrogen) atoms. The maximum absolute atomic E-state index is 13.1. The van der Waals surface area contributed by atoms with Crippen LogP contribution >= 0.6 is 0 Å². The molecule has 148 valence electrons. The van der Waals surface area contributed by atoms with Crippen molar-refractivity contribution in [3.63, 3.8) is 0 Å². The summed E-state index contributed by atoms with van der Waals surface area (Å²) in [6, 6.07) is 13.0. The molecule has 1 unspecified atom stereocenters. The molecule has 1 aliphatic rings. The second-order valence-corrected chi connectivity index (χ2v) is 6.90. The molecule has 1 saturated heterocycles. The van der Waals surface area contributed by atoms with Crippen LogP contribution in [0.1, 0.15) is 18.4 Å². The van der Waals surface area contributed by atoms with Crippen molar-refractivity contribution in [3.05, 3.63) is 59.9 Å². The molecular formula is C21H25FN4O2. The van der Waals surface area contributed by atoms with E-state index in [4.69, 9.17) is 10.5 Å². The highest BCUT2D eigenvalue weighted by molar-refractivity contribution is 6.00. The predicted octanol–water partition coefficient (Wildman–Crippen LogP) is 3.64. The first-order valence-corrected chi connectivity index (χ1v) is 9.29. The summed E-state index contributed by atoms with van der Waals surface area (Å²) in [6.45, 7) is 2.39. The molecule has 0 spiro atoms. The number of carbonyl (C=O) groups is 1. The number of ether oxygens (including phenoxy) is 1. The molecule has 1 aliphatic heterocycles. The summed E-state index contributed by atoms with van der Waals surface area (Å²) in [7, 11) is 1.59. The number of halogens is 1. The number of hydrogen-bond donors (Lipinski definition) is 2. The highest BCUT2D eigenvalue weighted by Crippen LogP contribution is 2.20. The average molecular weight is 384 g/mol. The predicted molar refractivity (Wildman–Crippen MR) is 108 cm³/mol. The molecule has 0 aromatic heterocycles. The number of methoxy groups -OCH3 is 1. The van der Waals surface area contributed by atoms with Crippen molar-refractivity contribution in [2.45, 2.75) is 19.4 Å². The fourth-order valence-corrected chi connectivity index (χ4v) is 3.32. The van der Waals surface area contributed by atoms with Gasteiger partial charge in [0.25, 0.3) is 0 Å². The van der Waals surface area contributed by atoms with Crippen LogP contribution in [0.3, 0.4) is 0 Å². The van der Waals surface area contributed by atoms with Gasteiger partial charge in [-0.15, -0.1) is 0 Å². The summed E-state index contributed by atoms with van der Waals surface area (Å²) in [5.74, 6) is 0.842. The second-order valence-electron chi connectivity index (χ2n) is 6.90. The Hall–Kier alpha value is -2.93. The molecule has 0 saturated carbocycles. The van der Waals surface area contributed by atoms with Crippen molar-refractivity contribution in [2.75, 3.05) is 25.5 Å². The number of aliphatic imine (C=N–C) groups is 1. The van der Waals surface area contributed by atoms with Crippen LogP contribution in [0.15, 0.2) is 53.5 Å². The molecule has 7 heteroatoms. The van der Waals surface area contributed by atoms with Gasteiger partial charge in [-0.25, -0.2) is 9.18 Å². The lowest BCUT2D eigenvalue weighted by Gasteiger charge is -2.32. The van der Waals surface area contributed by atoms with Crippen LogP contribution in [0.25, 0.3) is 0 Å². The standard InChI is InChI=1S/C21H25FN4O2/c1-28-19-10-8-18(9-11-19)24-21(27)25-20(23)16-3-2-12-26(14-16)13-15-4-6-17(22)7-5-15/h4-11,16H,2-3,12-14H2,1H3,(H3,23,24,25,27). The van der Waals surface area contributed by atoms with E-state index in [0.29, 0.717) is 17.3 Å². The number of amides is 2. The third kappa shape index (κ3) is 5.53.